The van der Waals surface area contributed by atoms with E-state index in [0.717, 1.165) is 18.2 Å². The number of rotatable bonds is 1. The molecule has 0 atom stereocenters. The number of benzene rings is 1. The molecule has 3 nitrogen and oxygen atoms in total. The van der Waals surface area contributed by atoms with Crippen molar-refractivity contribution in [1.29, 1.82) is 0 Å². The number of thiol groups is 1. The topological polar surface area (TPSA) is 60.2 Å². The van der Waals surface area contributed by atoms with Gasteiger partial charge in [0.1, 0.15) is 5.82 Å². The first-order chi connectivity index (χ1) is 5.11. The number of anilines is 1. The van der Waals surface area contributed by atoms with Crippen LogP contribution in [0.5, 0.6) is 0 Å². The SMILES string of the molecule is Nc1cc([SH](=O)=O)ccc1F. The fourth-order valence-corrected chi connectivity index (χ4v) is 1.09. The Kier molecular flexibility index (Phi) is 2.09. The summed E-state index contributed by atoms with van der Waals surface area (Å²) in [6.45, 7) is 0. The quantitative estimate of drug-likeness (QED) is 0.479. The Morgan fingerprint density at radius 3 is 2.45 bits per heavy atom. The summed E-state index contributed by atoms with van der Waals surface area (Å²) in [6.07, 6.45) is 0. The highest BCUT2D eigenvalue weighted by Gasteiger charge is 1.99. The van der Waals surface area contributed by atoms with E-state index in [-0.39, 0.29) is 10.6 Å². The summed E-state index contributed by atoms with van der Waals surface area (Å²) in [4.78, 5) is 0.0268. The van der Waals surface area contributed by atoms with E-state index in [9.17, 15) is 12.8 Å². The van der Waals surface area contributed by atoms with Gasteiger partial charge in [-0.1, -0.05) is 0 Å². The molecule has 0 aliphatic rings. The van der Waals surface area contributed by atoms with Gasteiger partial charge in [0.2, 0.25) is 0 Å². The van der Waals surface area contributed by atoms with Crippen molar-refractivity contribution in [2.75, 3.05) is 5.73 Å². The molecule has 0 fully saturated rings. The molecule has 11 heavy (non-hydrogen) atoms. The van der Waals surface area contributed by atoms with Crippen molar-refractivity contribution >= 4 is 16.4 Å². The molecule has 60 valence electrons. The van der Waals surface area contributed by atoms with Gasteiger partial charge < -0.3 is 5.73 Å². The van der Waals surface area contributed by atoms with Gasteiger partial charge in [-0.2, -0.15) is 0 Å². The summed E-state index contributed by atoms with van der Waals surface area (Å²) in [6, 6.07) is 3.27. The predicted molar refractivity (Wildman–Crippen MR) is 39.4 cm³/mol. The highest BCUT2D eigenvalue weighted by Crippen LogP contribution is 2.12. The molecule has 2 N–H and O–H groups in total. The molecule has 0 saturated carbocycles. The van der Waals surface area contributed by atoms with Gasteiger partial charge in [0.05, 0.1) is 10.6 Å². The minimum absolute atomic E-state index is 0.0268. The predicted octanol–water partition coefficient (Wildman–Crippen LogP) is 0.378. The summed E-state index contributed by atoms with van der Waals surface area (Å²) in [5.41, 5.74) is 4.96. The lowest BCUT2D eigenvalue weighted by Crippen LogP contribution is -1.91. The minimum Gasteiger partial charge on any atom is -0.396 e. The molecular formula is C6H6FNO2S. The van der Waals surface area contributed by atoms with E-state index < -0.39 is 16.5 Å². The van der Waals surface area contributed by atoms with E-state index in [0.29, 0.717) is 0 Å². The zero-order chi connectivity index (χ0) is 8.43. The minimum atomic E-state index is -2.67. The highest BCUT2D eigenvalue weighted by atomic mass is 32.2. The second kappa shape index (κ2) is 2.87. The highest BCUT2D eigenvalue weighted by molar-refractivity contribution is 7.72. The first kappa shape index (κ1) is 8.00. The fraction of sp³-hybridized carbons (Fsp3) is 0. The zero-order valence-electron chi connectivity index (χ0n) is 5.45. The third-order valence-electron chi connectivity index (χ3n) is 1.19. The average molecular weight is 175 g/mol. The Labute approximate surface area is 64.6 Å². The van der Waals surface area contributed by atoms with Gasteiger partial charge in [-0.25, -0.2) is 12.8 Å². The molecular weight excluding hydrogens is 169 g/mol. The second-order valence-electron chi connectivity index (χ2n) is 1.96. The normalized spacial score (nSPS) is 10.4. The molecule has 0 bridgehead atoms. The number of hydrogen-bond acceptors (Lipinski definition) is 3. The van der Waals surface area contributed by atoms with Crippen LogP contribution in [0.15, 0.2) is 23.1 Å². The summed E-state index contributed by atoms with van der Waals surface area (Å²) < 4.78 is 33.1. The van der Waals surface area contributed by atoms with Crippen LogP contribution in [0, 0.1) is 5.82 Å². The number of nitrogens with two attached hydrogens (primary N) is 1. The van der Waals surface area contributed by atoms with Crippen molar-refractivity contribution in [1.82, 2.24) is 0 Å². The van der Waals surface area contributed by atoms with Crippen molar-refractivity contribution in [3.63, 3.8) is 0 Å². The molecule has 1 rings (SSSR count). The summed E-state index contributed by atoms with van der Waals surface area (Å²) >= 11 is 0. The third-order valence-corrected chi connectivity index (χ3v) is 1.89. The van der Waals surface area contributed by atoms with Crippen molar-refractivity contribution in [3.05, 3.63) is 24.0 Å². The molecule has 0 unspecified atom stereocenters. The molecule has 1 aromatic carbocycles. The van der Waals surface area contributed by atoms with Crippen molar-refractivity contribution in [2.45, 2.75) is 4.90 Å². The van der Waals surface area contributed by atoms with Gasteiger partial charge in [-0.15, -0.1) is 0 Å². The smallest absolute Gasteiger partial charge is 0.168 e. The lowest BCUT2D eigenvalue weighted by molar-refractivity contribution is 0.613. The van der Waals surface area contributed by atoms with Crippen molar-refractivity contribution < 1.29 is 12.8 Å². The molecule has 0 spiro atoms. The standard InChI is InChI=1S/C6H6FNO2S/c7-5-2-1-4(11(9)10)3-6(5)8/h1-3,11H,8H2. The van der Waals surface area contributed by atoms with E-state index >= 15 is 0 Å². The first-order valence-electron chi connectivity index (χ1n) is 2.80. The largest absolute Gasteiger partial charge is 0.396 e. The van der Waals surface area contributed by atoms with Gasteiger partial charge in [-0.05, 0) is 18.2 Å². The first-order valence-corrected chi connectivity index (χ1v) is 3.98. The summed E-state index contributed by atoms with van der Waals surface area (Å²) in [7, 11) is -2.67. The molecule has 0 radical (unpaired) electrons. The second-order valence-corrected chi connectivity index (χ2v) is 2.99. The van der Waals surface area contributed by atoms with Crippen LogP contribution in [0.25, 0.3) is 0 Å². The molecule has 0 aromatic heterocycles. The molecule has 0 aliphatic heterocycles. The fourth-order valence-electron chi connectivity index (χ4n) is 0.645. The van der Waals surface area contributed by atoms with Gasteiger partial charge in [0, 0.05) is 0 Å². The Bertz CT molecular complexity index is 340. The average Bonchev–Trinajstić information content (AvgIpc) is 1.94. The van der Waals surface area contributed by atoms with Crippen molar-refractivity contribution in [3.8, 4) is 0 Å². The maximum atomic E-state index is 12.4. The van der Waals surface area contributed by atoms with Gasteiger partial charge >= 0.3 is 0 Å². The van der Waals surface area contributed by atoms with Crippen LogP contribution in [0.3, 0.4) is 0 Å². The van der Waals surface area contributed by atoms with Crippen LogP contribution in [0.2, 0.25) is 0 Å². The molecule has 0 heterocycles. The van der Waals surface area contributed by atoms with Gasteiger partial charge in [0.25, 0.3) is 0 Å². The Hall–Kier alpha value is -1.10. The van der Waals surface area contributed by atoms with E-state index in [1.54, 1.807) is 0 Å². The van der Waals surface area contributed by atoms with Gasteiger partial charge in [-0.3, -0.25) is 0 Å². The monoisotopic (exact) mass is 175 g/mol. The molecule has 1 aromatic rings. The lowest BCUT2D eigenvalue weighted by Gasteiger charge is -1.95. The lowest BCUT2D eigenvalue weighted by atomic mass is 10.3. The molecule has 0 saturated heterocycles. The van der Waals surface area contributed by atoms with Gasteiger partial charge in [0.15, 0.2) is 10.7 Å². The van der Waals surface area contributed by atoms with E-state index in [1.807, 2.05) is 0 Å². The molecule has 0 aliphatic carbocycles. The van der Waals surface area contributed by atoms with E-state index in [2.05, 4.69) is 0 Å². The van der Waals surface area contributed by atoms with Crippen LogP contribution in [-0.2, 0) is 10.7 Å². The van der Waals surface area contributed by atoms with Crippen LogP contribution in [0.1, 0.15) is 0 Å². The molecule has 0 amide bonds. The Morgan fingerprint density at radius 1 is 1.36 bits per heavy atom. The number of nitrogen functional groups attached to an aromatic ring is 1. The zero-order valence-corrected chi connectivity index (χ0v) is 6.35. The Morgan fingerprint density at radius 2 is 2.00 bits per heavy atom. The maximum absolute atomic E-state index is 12.4. The molecule has 5 heteroatoms. The van der Waals surface area contributed by atoms with Crippen LogP contribution >= 0.6 is 0 Å². The van der Waals surface area contributed by atoms with Crippen LogP contribution < -0.4 is 5.73 Å². The summed E-state index contributed by atoms with van der Waals surface area (Å²) in [5.74, 6) is -0.606. The van der Waals surface area contributed by atoms with Crippen molar-refractivity contribution in [2.24, 2.45) is 0 Å². The summed E-state index contributed by atoms with van der Waals surface area (Å²) in [5, 5.41) is 0. The van der Waals surface area contributed by atoms with E-state index in [4.69, 9.17) is 5.73 Å². The third kappa shape index (κ3) is 1.68. The van der Waals surface area contributed by atoms with Crippen LogP contribution in [0.4, 0.5) is 10.1 Å². The number of halogens is 1. The van der Waals surface area contributed by atoms with Crippen LogP contribution in [-0.4, -0.2) is 8.42 Å². The van der Waals surface area contributed by atoms with E-state index in [1.165, 1.54) is 0 Å². The Balaban J connectivity index is 3.26. The number of hydrogen-bond donors (Lipinski definition) is 2. The maximum Gasteiger partial charge on any atom is 0.168 e.